The second kappa shape index (κ2) is 2.51. The first-order valence-corrected chi connectivity index (χ1v) is 4.59. The first-order chi connectivity index (χ1) is 4.17. The van der Waals surface area contributed by atoms with Crippen LogP contribution in [0, 0.1) is 5.92 Å². The third kappa shape index (κ3) is 1.41. The maximum atomic E-state index is 3.33. The van der Waals surface area contributed by atoms with Gasteiger partial charge in [0.2, 0.25) is 0 Å². The molecule has 54 valence electrons. The number of hydrogen-bond acceptors (Lipinski definition) is 2. The number of hydrogen-bond donors (Lipinski definition) is 1. The van der Waals surface area contributed by atoms with Gasteiger partial charge in [0.05, 0.1) is 0 Å². The van der Waals surface area contributed by atoms with Crippen LogP contribution in [0.5, 0.6) is 0 Å². The highest BCUT2D eigenvalue weighted by molar-refractivity contribution is 8.00. The molecular weight excluding hydrogens is 130 g/mol. The van der Waals surface area contributed by atoms with E-state index >= 15 is 0 Å². The monoisotopic (exact) mass is 145 g/mol. The van der Waals surface area contributed by atoms with Crippen LogP contribution in [-0.4, -0.2) is 24.1 Å². The van der Waals surface area contributed by atoms with Crippen molar-refractivity contribution < 1.29 is 0 Å². The summed E-state index contributed by atoms with van der Waals surface area (Å²) in [6.45, 7) is 4.55. The van der Waals surface area contributed by atoms with E-state index in [0.717, 1.165) is 5.92 Å². The quantitative estimate of drug-likeness (QED) is 0.629. The van der Waals surface area contributed by atoms with Gasteiger partial charge in [0.25, 0.3) is 0 Å². The highest BCUT2D eigenvalue weighted by Crippen LogP contribution is 2.32. The van der Waals surface area contributed by atoms with E-state index < -0.39 is 0 Å². The second-order valence-electron chi connectivity index (χ2n) is 3.21. The molecule has 1 saturated heterocycles. The number of rotatable bonds is 2. The van der Waals surface area contributed by atoms with Crippen molar-refractivity contribution in [3.8, 4) is 0 Å². The van der Waals surface area contributed by atoms with Crippen LogP contribution in [0.2, 0.25) is 0 Å². The molecule has 1 fully saturated rings. The van der Waals surface area contributed by atoms with Crippen LogP contribution >= 0.6 is 11.8 Å². The molecule has 0 unspecified atom stereocenters. The van der Waals surface area contributed by atoms with Gasteiger partial charge in [0.1, 0.15) is 0 Å². The highest BCUT2D eigenvalue weighted by Gasteiger charge is 2.32. The van der Waals surface area contributed by atoms with E-state index in [1.54, 1.807) is 0 Å². The molecule has 2 heteroatoms. The Labute approximate surface area is 61.6 Å². The van der Waals surface area contributed by atoms with Crippen LogP contribution in [-0.2, 0) is 0 Å². The molecule has 1 heterocycles. The van der Waals surface area contributed by atoms with Crippen molar-refractivity contribution in [2.75, 3.05) is 18.6 Å². The van der Waals surface area contributed by atoms with Gasteiger partial charge in [-0.05, 0) is 38.3 Å². The Bertz CT molecular complexity index is 97.1. The van der Waals surface area contributed by atoms with E-state index in [4.69, 9.17) is 0 Å². The molecule has 1 N–H and O–H groups in total. The molecule has 0 aromatic heterocycles. The predicted octanol–water partition coefficient (Wildman–Crippen LogP) is 1.35. The third-order valence-corrected chi connectivity index (χ3v) is 3.58. The Morgan fingerprint density at radius 2 is 2.00 bits per heavy atom. The summed E-state index contributed by atoms with van der Waals surface area (Å²) in [6, 6.07) is 0. The first kappa shape index (κ1) is 7.42. The fraction of sp³-hybridized carbons (Fsp3) is 1.00. The molecule has 1 aliphatic rings. The minimum Gasteiger partial charge on any atom is -0.314 e. The van der Waals surface area contributed by atoms with Crippen molar-refractivity contribution in [3.05, 3.63) is 0 Å². The lowest BCUT2D eigenvalue weighted by Crippen LogP contribution is -2.49. The standard InChI is InChI=1S/C7H15NS/c1-7(2,8-3)6-4-9-5-6/h6,8H,4-5H2,1-3H3. The minimum absolute atomic E-state index is 0.366. The van der Waals surface area contributed by atoms with Crippen LogP contribution in [0.25, 0.3) is 0 Å². The molecule has 0 bridgehead atoms. The average molecular weight is 145 g/mol. The molecule has 0 atom stereocenters. The number of thioether (sulfide) groups is 1. The molecule has 1 aliphatic heterocycles. The van der Waals surface area contributed by atoms with Crippen LogP contribution in [0.15, 0.2) is 0 Å². The Hall–Kier alpha value is 0.310. The fourth-order valence-corrected chi connectivity index (χ4v) is 2.16. The largest absolute Gasteiger partial charge is 0.314 e. The first-order valence-electron chi connectivity index (χ1n) is 3.43. The topological polar surface area (TPSA) is 12.0 Å². The lowest BCUT2D eigenvalue weighted by molar-refractivity contribution is 0.307. The Balaban J connectivity index is 2.37. The fourth-order valence-electron chi connectivity index (χ4n) is 0.856. The van der Waals surface area contributed by atoms with Gasteiger partial charge >= 0.3 is 0 Å². The average Bonchev–Trinajstić information content (AvgIpc) is 1.60. The van der Waals surface area contributed by atoms with Crippen LogP contribution in [0.1, 0.15) is 13.8 Å². The van der Waals surface area contributed by atoms with Crippen molar-refractivity contribution in [2.45, 2.75) is 19.4 Å². The lowest BCUT2D eigenvalue weighted by Gasteiger charge is -2.39. The normalized spacial score (nSPS) is 21.7. The van der Waals surface area contributed by atoms with Gasteiger partial charge in [-0.15, -0.1) is 0 Å². The van der Waals surface area contributed by atoms with E-state index in [9.17, 15) is 0 Å². The summed E-state index contributed by atoms with van der Waals surface area (Å²) >= 11 is 2.05. The van der Waals surface area contributed by atoms with Gasteiger partial charge in [-0.1, -0.05) is 0 Å². The summed E-state index contributed by atoms with van der Waals surface area (Å²) in [5.41, 5.74) is 0.366. The Kier molecular flexibility index (Phi) is 2.07. The van der Waals surface area contributed by atoms with Gasteiger partial charge in [0, 0.05) is 5.54 Å². The highest BCUT2D eigenvalue weighted by atomic mass is 32.2. The zero-order valence-corrected chi connectivity index (χ0v) is 7.22. The van der Waals surface area contributed by atoms with Gasteiger partial charge in [-0.25, -0.2) is 0 Å². The molecule has 0 aromatic rings. The Morgan fingerprint density at radius 1 is 1.44 bits per heavy atom. The number of nitrogens with one attached hydrogen (secondary N) is 1. The molecule has 0 aromatic carbocycles. The molecule has 0 radical (unpaired) electrons. The summed E-state index contributed by atoms with van der Waals surface area (Å²) in [7, 11) is 2.04. The summed E-state index contributed by atoms with van der Waals surface area (Å²) < 4.78 is 0. The van der Waals surface area contributed by atoms with Crippen LogP contribution in [0.3, 0.4) is 0 Å². The lowest BCUT2D eigenvalue weighted by atomic mass is 9.90. The SMILES string of the molecule is CNC(C)(C)C1CSC1. The van der Waals surface area contributed by atoms with E-state index in [2.05, 4.69) is 19.2 Å². The smallest absolute Gasteiger partial charge is 0.0166 e. The van der Waals surface area contributed by atoms with Crippen molar-refractivity contribution in [1.82, 2.24) is 5.32 Å². The van der Waals surface area contributed by atoms with Crippen molar-refractivity contribution >= 4 is 11.8 Å². The van der Waals surface area contributed by atoms with Gasteiger partial charge in [-0.2, -0.15) is 11.8 Å². The van der Waals surface area contributed by atoms with Gasteiger partial charge < -0.3 is 5.32 Å². The molecule has 0 saturated carbocycles. The van der Waals surface area contributed by atoms with E-state index in [1.807, 2.05) is 18.8 Å². The van der Waals surface area contributed by atoms with E-state index in [0.29, 0.717) is 5.54 Å². The maximum absolute atomic E-state index is 3.33. The van der Waals surface area contributed by atoms with E-state index in [-0.39, 0.29) is 0 Å². The maximum Gasteiger partial charge on any atom is 0.0166 e. The molecule has 9 heavy (non-hydrogen) atoms. The van der Waals surface area contributed by atoms with E-state index in [1.165, 1.54) is 11.5 Å². The van der Waals surface area contributed by atoms with Crippen molar-refractivity contribution in [1.29, 1.82) is 0 Å². The molecule has 0 amide bonds. The summed E-state index contributed by atoms with van der Waals surface area (Å²) in [5, 5.41) is 3.33. The van der Waals surface area contributed by atoms with Gasteiger partial charge in [-0.3, -0.25) is 0 Å². The van der Waals surface area contributed by atoms with Crippen LogP contribution < -0.4 is 5.32 Å². The third-order valence-electron chi connectivity index (χ3n) is 2.30. The second-order valence-corrected chi connectivity index (χ2v) is 4.28. The summed E-state index contributed by atoms with van der Waals surface area (Å²) in [4.78, 5) is 0. The summed E-state index contributed by atoms with van der Waals surface area (Å²) in [6.07, 6.45) is 0. The predicted molar refractivity (Wildman–Crippen MR) is 44.0 cm³/mol. The van der Waals surface area contributed by atoms with Crippen LogP contribution in [0.4, 0.5) is 0 Å². The van der Waals surface area contributed by atoms with Gasteiger partial charge in [0.15, 0.2) is 0 Å². The van der Waals surface area contributed by atoms with Crippen molar-refractivity contribution in [2.24, 2.45) is 5.92 Å². The molecular formula is C7H15NS. The zero-order valence-electron chi connectivity index (χ0n) is 6.40. The molecule has 0 aliphatic carbocycles. The summed E-state index contributed by atoms with van der Waals surface area (Å²) in [5.74, 6) is 3.58. The minimum atomic E-state index is 0.366. The molecule has 0 spiro atoms. The molecule has 1 nitrogen and oxygen atoms in total. The Morgan fingerprint density at radius 3 is 2.11 bits per heavy atom. The molecule has 1 rings (SSSR count). The van der Waals surface area contributed by atoms with Crippen molar-refractivity contribution in [3.63, 3.8) is 0 Å². The zero-order chi connectivity index (χ0) is 6.91.